The Hall–Kier alpha value is -0.470. The summed E-state index contributed by atoms with van der Waals surface area (Å²) in [6.45, 7) is 0.447. The predicted molar refractivity (Wildman–Crippen MR) is 59.0 cm³/mol. The lowest BCUT2D eigenvalue weighted by molar-refractivity contribution is -0.112. The number of aldehydes is 1. The van der Waals surface area contributed by atoms with Crippen molar-refractivity contribution in [1.82, 2.24) is 4.31 Å². The lowest BCUT2D eigenvalue weighted by Crippen LogP contribution is -2.41. The zero-order valence-electron chi connectivity index (χ0n) is 9.00. The van der Waals surface area contributed by atoms with Crippen molar-refractivity contribution in [3.05, 3.63) is 0 Å². The number of piperidine rings is 1. The quantitative estimate of drug-likeness (QED) is 0.625. The van der Waals surface area contributed by atoms with E-state index >= 15 is 0 Å². The molecular formula is C8H15NO5S2. The van der Waals surface area contributed by atoms with E-state index in [9.17, 15) is 21.6 Å². The van der Waals surface area contributed by atoms with Gasteiger partial charge in [-0.1, -0.05) is 0 Å². The second-order valence-electron chi connectivity index (χ2n) is 4.03. The van der Waals surface area contributed by atoms with Gasteiger partial charge in [0, 0.05) is 25.3 Å². The van der Waals surface area contributed by atoms with E-state index in [1.807, 2.05) is 0 Å². The molecule has 0 radical (unpaired) electrons. The Morgan fingerprint density at radius 2 is 1.69 bits per heavy atom. The SMILES string of the molecule is CS(=O)(=O)CS(=O)(=O)N1CCC(C=O)CC1. The van der Waals surface area contributed by atoms with Crippen molar-refractivity contribution < 1.29 is 21.6 Å². The van der Waals surface area contributed by atoms with E-state index in [1.165, 1.54) is 0 Å². The van der Waals surface area contributed by atoms with Crippen LogP contribution in [0.2, 0.25) is 0 Å². The van der Waals surface area contributed by atoms with Crippen LogP contribution in [0.5, 0.6) is 0 Å². The standard InChI is InChI=1S/C8H15NO5S2/c1-15(11,12)7-16(13,14)9-4-2-8(6-10)3-5-9/h6,8H,2-5,7H2,1H3. The Bertz CT molecular complexity index is 445. The lowest BCUT2D eigenvalue weighted by atomic mass is 10.0. The molecule has 1 aliphatic heterocycles. The molecule has 1 aliphatic rings. The van der Waals surface area contributed by atoms with Gasteiger partial charge in [-0.15, -0.1) is 0 Å². The van der Waals surface area contributed by atoms with Crippen LogP contribution in [0.25, 0.3) is 0 Å². The molecule has 1 rings (SSSR count). The molecule has 0 amide bonds. The summed E-state index contributed by atoms with van der Waals surface area (Å²) in [7, 11) is -7.29. The maximum absolute atomic E-state index is 11.7. The lowest BCUT2D eigenvalue weighted by Gasteiger charge is -2.28. The number of hydrogen-bond donors (Lipinski definition) is 0. The average molecular weight is 269 g/mol. The minimum absolute atomic E-state index is 0.107. The summed E-state index contributed by atoms with van der Waals surface area (Å²) in [5.74, 6) is -0.107. The van der Waals surface area contributed by atoms with E-state index < -0.39 is 24.9 Å². The van der Waals surface area contributed by atoms with E-state index in [1.54, 1.807) is 0 Å². The first kappa shape index (κ1) is 13.6. The van der Waals surface area contributed by atoms with Gasteiger partial charge < -0.3 is 4.79 Å². The summed E-state index contributed by atoms with van der Waals surface area (Å²) in [6, 6.07) is 0. The van der Waals surface area contributed by atoms with Crippen LogP contribution in [0.4, 0.5) is 0 Å². The van der Waals surface area contributed by atoms with Crippen molar-refractivity contribution in [2.24, 2.45) is 5.92 Å². The van der Waals surface area contributed by atoms with Gasteiger partial charge in [-0.05, 0) is 12.8 Å². The number of sulfonamides is 1. The zero-order chi connectivity index (χ0) is 12.4. The summed E-state index contributed by atoms with van der Waals surface area (Å²) in [6.07, 6.45) is 2.64. The van der Waals surface area contributed by atoms with Crippen LogP contribution >= 0.6 is 0 Å². The normalized spacial score (nSPS) is 20.8. The van der Waals surface area contributed by atoms with Crippen LogP contribution in [0.3, 0.4) is 0 Å². The highest BCUT2D eigenvalue weighted by Crippen LogP contribution is 2.18. The molecule has 1 saturated heterocycles. The maximum Gasteiger partial charge on any atom is 0.228 e. The fraction of sp³-hybridized carbons (Fsp3) is 0.875. The Labute approximate surface area is 95.6 Å². The van der Waals surface area contributed by atoms with Gasteiger partial charge in [-0.3, -0.25) is 0 Å². The van der Waals surface area contributed by atoms with E-state index in [4.69, 9.17) is 0 Å². The second-order valence-corrected chi connectivity index (χ2v) is 8.50. The largest absolute Gasteiger partial charge is 0.303 e. The number of carbonyl (C=O) groups excluding carboxylic acids is 1. The molecule has 0 spiro atoms. The molecule has 0 aliphatic carbocycles. The van der Waals surface area contributed by atoms with Crippen LogP contribution in [0.1, 0.15) is 12.8 Å². The topological polar surface area (TPSA) is 88.6 Å². The molecule has 0 atom stereocenters. The van der Waals surface area contributed by atoms with Crippen molar-refractivity contribution in [3.63, 3.8) is 0 Å². The van der Waals surface area contributed by atoms with Crippen molar-refractivity contribution in [3.8, 4) is 0 Å². The first-order valence-electron chi connectivity index (χ1n) is 4.85. The second kappa shape index (κ2) is 4.80. The van der Waals surface area contributed by atoms with E-state index in [0.29, 0.717) is 12.8 Å². The third-order valence-corrected chi connectivity index (χ3v) is 6.50. The summed E-state index contributed by atoms with van der Waals surface area (Å²) >= 11 is 0. The zero-order valence-corrected chi connectivity index (χ0v) is 10.6. The van der Waals surface area contributed by atoms with Crippen LogP contribution < -0.4 is 0 Å². The smallest absolute Gasteiger partial charge is 0.228 e. The van der Waals surface area contributed by atoms with E-state index in [0.717, 1.165) is 16.8 Å². The van der Waals surface area contributed by atoms with Gasteiger partial charge in [0.2, 0.25) is 10.0 Å². The Morgan fingerprint density at radius 1 is 1.19 bits per heavy atom. The predicted octanol–water partition coefficient (Wildman–Crippen LogP) is -0.771. The van der Waals surface area contributed by atoms with Gasteiger partial charge >= 0.3 is 0 Å². The Morgan fingerprint density at radius 3 is 2.06 bits per heavy atom. The summed E-state index contributed by atoms with van der Waals surface area (Å²) in [5.41, 5.74) is 0. The number of rotatable bonds is 4. The maximum atomic E-state index is 11.7. The molecule has 6 nitrogen and oxygen atoms in total. The van der Waals surface area contributed by atoms with Gasteiger partial charge in [0.1, 0.15) is 6.29 Å². The molecule has 1 fully saturated rings. The van der Waals surface area contributed by atoms with Crippen LogP contribution in [-0.2, 0) is 24.7 Å². The fourth-order valence-corrected chi connectivity index (χ4v) is 5.16. The van der Waals surface area contributed by atoms with Crippen LogP contribution in [-0.4, -0.2) is 51.9 Å². The molecule has 1 heterocycles. The molecule has 8 heteroatoms. The monoisotopic (exact) mass is 269 g/mol. The number of nitrogens with zero attached hydrogens (tertiary/aromatic N) is 1. The highest BCUT2D eigenvalue weighted by molar-refractivity contribution is 8.06. The molecule has 0 N–H and O–H groups in total. The molecule has 0 aromatic rings. The van der Waals surface area contributed by atoms with Gasteiger partial charge in [-0.25, -0.2) is 21.1 Å². The molecular weight excluding hydrogens is 254 g/mol. The van der Waals surface area contributed by atoms with Gasteiger partial charge in [0.25, 0.3) is 0 Å². The van der Waals surface area contributed by atoms with E-state index in [2.05, 4.69) is 0 Å². The third kappa shape index (κ3) is 3.84. The van der Waals surface area contributed by atoms with Crippen molar-refractivity contribution >= 4 is 26.1 Å². The van der Waals surface area contributed by atoms with Crippen molar-refractivity contribution in [1.29, 1.82) is 0 Å². The van der Waals surface area contributed by atoms with E-state index in [-0.39, 0.29) is 19.0 Å². The van der Waals surface area contributed by atoms with Crippen LogP contribution in [0, 0.1) is 5.92 Å². The average Bonchev–Trinajstić information content (AvgIpc) is 2.14. The first-order valence-corrected chi connectivity index (χ1v) is 8.52. The molecule has 0 saturated carbocycles. The van der Waals surface area contributed by atoms with Gasteiger partial charge in [0.15, 0.2) is 14.9 Å². The Balaban J connectivity index is 2.69. The molecule has 94 valence electrons. The highest BCUT2D eigenvalue weighted by Gasteiger charge is 2.30. The molecule has 0 unspecified atom stereocenters. The summed E-state index contributed by atoms with van der Waals surface area (Å²) in [5, 5.41) is -0.855. The van der Waals surface area contributed by atoms with Crippen molar-refractivity contribution in [2.45, 2.75) is 12.8 Å². The minimum atomic E-state index is -3.74. The molecule has 0 aromatic heterocycles. The minimum Gasteiger partial charge on any atom is -0.303 e. The van der Waals surface area contributed by atoms with Gasteiger partial charge in [-0.2, -0.15) is 0 Å². The molecule has 0 bridgehead atoms. The summed E-state index contributed by atoms with van der Waals surface area (Å²) < 4.78 is 46.4. The van der Waals surface area contributed by atoms with Gasteiger partial charge in [0.05, 0.1) is 0 Å². The highest BCUT2D eigenvalue weighted by atomic mass is 32.3. The fourth-order valence-electron chi connectivity index (χ4n) is 1.64. The number of sulfone groups is 1. The summed E-state index contributed by atoms with van der Waals surface area (Å²) in [4.78, 5) is 10.5. The molecule has 16 heavy (non-hydrogen) atoms. The number of hydrogen-bond acceptors (Lipinski definition) is 5. The number of carbonyl (C=O) groups is 1. The van der Waals surface area contributed by atoms with Crippen LogP contribution in [0.15, 0.2) is 0 Å². The first-order chi connectivity index (χ1) is 7.24. The Kier molecular flexibility index (Phi) is 4.08. The molecule has 0 aromatic carbocycles. The third-order valence-electron chi connectivity index (χ3n) is 2.45. The van der Waals surface area contributed by atoms with Crippen molar-refractivity contribution in [2.75, 3.05) is 24.4 Å².